The van der Waals surface area contributed by atoms with Gasteiger partial charge in [0.15, 0.2) is 0 Å². The Bertz CT molecular complexity index is 479. The van der Waals surface area contributed by atoms with Gasteiger partial charge in [0.05, 0.1) is 0 Å². The monoisotopic (exact) mass is 214 g/mol. The topological polar surface area (TPSA) is 23.6 Å². The summed E-state index contributed by atoms with van der Waals surface area (Å²) in [5, 5.41) is 0. The van der Waals surface area contributed by atoms with E-state index in [1.807, 2.05) is 19.2 Å². The summed E-state index contributed by atoms with van der Waals surface area (Å²) in [5.41, 5.74) is 3.33. The molecule has 0 atom stereocenters. The molecule has 1 amide bonds. The van der Waals surface area contributed by atoms with Crippen molar-refractivity contribution in [3.05, 3.63) is 41.1 Å². The second kappa shape index (κ2) is 3.37. The van der Waals surface area contributed by atoms with Crippen molar-refractivity contribution in [2.24, 2.45) is 0 Å². The second-order valence-electron chi connectivity index (χ2n) is 4.38. The van der Waals surface area contributed by atoms with Crippen molar-refractivity contribution >= 4 is 12.0 Å². The van der Waals surface area contributed by atoms with Crippen LogP contribution >= 0.6 is 0 Å². The summed E-state index contributed by atoms with van der Waals surface area (Å²) in [7, 11) is 1.86. The van der Waals surface area contributed by atoms with Gasteiger partial charge in [0.1, 0.15) is 5.70 Å². The SMILES string of the molecule is CN1CCN2Cc3ccccc3C=C2C1=O. The lowest BCUT2D eigenvalue weighted by Crippen LogP contribution is -2.47. The Hall–Kier alpha value is -1.77. The van der Waals surface area contributed by atoms with Crippen LogP contribution < -0.4 is 0 Å². The lowest BCUT2D eigenvalue weighted by atomic mass is 10.00. The van der Waals surface area contributed by atoms with Gasteiger partial charge in [0, 0.05) is 26.7 Å². The number of rotatable bonds is 0. The highest BCUT2D eigenvalue weighted by Gasteiger charge is 2.29. The molecular weight excluding hydrogens is 200 g/mol. The van der Waals surface area contributed by atoms with Crippen LogP contribution in [0.3, 0.4) is 0 Å². The van der Waals surface area contributed by atoms with E-state index in [0.29, 0.717) is 0 Å². The minimum atomic E-state index is 0.140. The maximum absolute atomic E-state index is 12.0. The van der Waals surface area contributed by atoms with Crippen LogP contribution in [0.4, 0.5) is 0 Å². The molecule has 0 bridgehead atoms. The number of carbonyl (C=O) groups excluding carboxylic acids is 1. The maximum atomic E-state index is 12.0. The molecule has 0 N–H and O–H groups in total. The normalized spacial score (nSPS) is 19.1. The minimum Gasteiger partial charge on any atom is -0.361 e. The minimum absolute atomic E-state index is 0.140. The lowest BCUT2D eigenvalue weighted by molar-refractivity contribution is -0.130. The Balaban J connectivity index is 2.06. The molecule has 1 aromatic rings. The zero-order valence-electron chi connectivity index (χ0n) is 9.31. The molecule has 1 saturated heterocycles. The van der Waals surface area contributed by atoms with Gasteiger partial charge in [-0.15, -0.1) is 0 Å². The number of hydrogen-bond donors (Lipinski definition) is 0. The van der Waals surface area contributed by atoms with E-state index in [-0.39, 0.29) is 5.91 Å². The Morgan fingerprint density at radius 1 is 1.19 bits per heavy atom. The van der Waals surface area contributed by atoms with Gasteiger partial charge >= 0.3 is 0 Å². The number of likely N-dealkylation sites (N-methyl/N-ethyl adjacent to an activating group) is 1. The predicted octanol–water partition coefficient (Wildman–Crippen LogP) is 1.32. The molecule has 16 heavy (non-hydrogen) atoms. The highest BCUT2D eigenvalue weighted by molar-refractivity contribution is 5.98. The van der Waals surface area contributed by atoms with Gasteiger partial charge in [-0.2, -0.15) is 0 Å². The fraction of sp³-hybridized carbons (Fsp3) is 0.308. The van der Waals surface area contributed by atoms with Gasteiger partial charge in [-0.25, -0.2) is 0 Å². The zero-order valence-corrected chi connectivity index (χ0v) is 9.31. The molecule has 1 fully saturated rings. The molecular formula is C13H14N2O. The van der Waals surface area contributed by atoms with Crippen LogP contribution in [0.1, 0.15) is 11.1 Å². The highest BCUT2D eigenvalue weighted by Crippen LogP contribution is 2.27. The van der Waals surface area contributed by atoms with Gasteiger partial charge in [0.2, 0.25) is 0 Å². The lowest BCUT2D eigenvalue weighted by Gasteiger charge is -2.38. The summed E-state index contributed by atoms with van der Waals surface area (Å²) in [6, 6.07) is 8.27. The molecule has 0 saturated carbocycles. The number of amides is 1. The van der Waals surface area contributed by atoms with Crippen molar-refractivity contribution in [2.45, 2.75) is 6.54 Å². The van der Waals surface area contributed by atoms with E-state index < -0.39 is 0 Å². The molecule has 3 heteroatoms. The molecule has 3 rings (SSSR count). The van der Waals surface area contributed by atoms with Crippen molar-refractivity contribution in [1.29, 1.82) is 0 Å². The van der Waals surface area contributed by atoms with Crippen molar-refractivity contribution in [3.63, 3.8) is 0 Å². The van der Waals surface area contributed by atoms with Crippen LogP contribution in [0.25, 0.3) is 6.08 Å². The van der Waals surface area contributed by atoms with E-state index in [1.165, 1.54) is 11.1 Å². The smallest absolute Gasteiger partial charge is 0.269 e. The summed E-state index contributed by atoms with van der Waals surface area (Å²) in [5.74, 6) is 0.140. The third-order valence-electron chi connectivity index (χ3n) is 3.32. The van der Waals surface area contributed by atoms with Gasteiger partial charge < -0.3 is 9.80 Å². The van der Waals surface area contributed by atoms with Gasteiger partial charge in [-0.05, 0) is 17.2 Å². The van der Waals surface area contributed by atoms with Gasteiger partial charge in [0.25, 0.3) is 5.91 Å². The third-order valence-corrected chi connectivity index (χ3v) is 3.32. The molecule has 2 aliphatic rings. The first-order valence-electron chi connectivity index (χ1n) is 5.56. The number of hydrogen-bond acceptors (Lipinski definition) is 2. The fourth-order valence-corrected chi connectivity index (χ4v) is 2.31. The summed E-state index contributed by atoms with van der Waals surface area (Å²) in [4.78, 5) is 15.9. The number of carbonyl (C=O) groups is 1. The summed E-state index contributed by atoms with van der Waals surface area (Å²) >= 11 is 0. The largest absolute Gasteiger partial charge is 0.361 e. The standard InChI is InChI=1S/C13H14N2O/c1-14-6-7-15-9-11-5-3-2-4-10(11)8-12(15)13(14)16/h2-5,8H,6-7,9H2,1H3. The maximum Gasteiger partial charge on any atom is 0.269 e. The Kier molecular flexibility index (Phi) is 1.99. The molecule has 0 spiro atoms. The van der Waals surface area contributed by atoms with E-state index in [1.54, 1.807) is 4.90 Å². The van der Waals surface area contributed by atoms with E-state index in [0.717, 1.165) is 25.3 Å². The Morgan fingerprint density at radius 3 is 2.88 bits per heavy atom. The predicted molar refractivity (Wildman–Crippen MR) is 62.5 cm³/mol. The van der Waals surface area contributed by atoms with Crippen LogP contribution in [-0.4, -0.2) is 35.8 Å². The van der Waals surface area contributed by atoms with Crippen LogP contribution in [0, 0.1) is 0 Å². The average molecular weight is 214 g/mol. The number of piperazine rings is 1. The van der Waals surface area contributed by atoms with E-state index in [9.17, 15) is 4.79 Å². The van der Waals surface area contributed by atoms with Crippen LogP contribution in [0.2, 0.25) is 0 Å². The molecule has 0 aliphatic carbocycles. The van der Waals surface area contributed by atoms with Crippen molar-refractivity contribution in [1.82, 2.24) is 9.80 Å². The first kappa shape index (κ1) is 9.46. The summed E-state index contributed by atoms with van der Waals surface area (Å²) in [6.07, 6.45) is 2.01. The zero-order chi connectivity index (χ0) is 11.1. The Labute approximate surface area is 95.0 Å². The first-order valence-corrected chi connectivity index (χ1v) is 5.56. The highest BCUT2D eigenvalue weighted by atomic mass is 16.2. The molecule has 3 nitrogen and oxygen atoms in total. The van der Waals surface area contributed by atoms with Crippen LogP contribution in [0.15, 0.2) is 30.0 Å². The molecule has 1 aromatic carbocycles. The van der Waals surface area contributed by atoms with E-state index >= 15 is 0 Å². The third kappa shape index (κ3) is 1.32. The van der Waals surface area contributed by atoms with Crippen molar-refractivity contribution in [3.8, 4) is 0 Å². The van der Waals surface area contributed by atoms with Gasteiger partial charge in [-0.3, -0.25) is 4.79 Å². The molecule has 0 aromatic heterocycles. The number of fused-ring (bicyclic) bond motifs is 2. The number of nitrogens with zero attached hydrogens (tertiary/aromatic N) is 2. The number of benzene rings is 1. The summed E-state index contributed by atoms with van der Waals surface area (Å²) in [6.45, 7) is 2.61. The summed E-state index contributed by atoms with van der Waals surface area (Å²) < 4.78 is 0. The first-order chi connectivity index (χ1) is 7.75. The Morgan fingerprint density at radius 2 is 2.00 bits per heavy atom. The van der Waals surface area contributed by atoms with Crippen molar-refractivity contribution in [2.75, 3.05) is 20.1 Å². The fourth-order valence-electron chi connectivity index (χ4n) is 2.31. The quantitative estimate of drug-likeness (QED) is 0.650. The molecule has 0 unspecified atom stereocenters. The average Bonchev–Trinajstić information content (AvgIpc) is 2.32. The van der Waals surface area contributed by atoms with Crippen LogP contribution in [-0.2, 0) is 11.3 Å². The molecule has 82 valence electrons. The molecule has 2 heterocycles. The van der Waals surface area contributed by atoms with Crippen LogP contribution in [0.5, 0.6) is 0 Å². The second-order valence-corrected chi connectivity index (χ2v) is 4.38. The van der Waals surface area contributed by atoms with E-state index in [2.05, 4.69) is 23.1 Å². The van der Waals surface area contributed by atoms with Gasteiger partial charge in [-0.1, -0.05) is 24.3 Å². The van der Waals surface area contributed by atoms with Crippen molar-refractivity contribution < 1.29 is 4.79 Å². The molecule has 0 radical (unpaired) electrons. The van der Waals surface area contributed by atoms with E-state index in [4.69, 9.17) is 0 Å². The molecule has 2 aliphatic heterocycles.